The van der Waals surface area contributed by atoms with Crippen molar-refractivity contribution in [2.45, 2.75) is 17.4 Å². The van der Waals surface area contributed by atoms with Gasteiger partial charge < -0.3 is 10.2 Å². The molecule has 3 nitrogen and oxygen atoms in total. The van der Waals surface area contributed by atoms with Crippen molar-refractivity contribution in [2.75, 3.05) is 26.4 Å². The fourth-order valence-corrected chi connectivity index (χ4v) is 3.20. The predicted octanol–water partition coefficient (Wildman–Crippen LogP) is 3.73. The molecular formula is C19H23FN2OS. The van der Waals surface area contributed by atoms with Crippen molar-refractivity contribution in [3.63, 3.8) is 0 Å². The molecule has 0 spiro atoms. The summed E-state index contributed by atoms with van der Waals surface area (Å²) in [6, 6.07) is 16.3. The molecule has 2 aromatic rings. The lowest BCUT2D eigenvalue weighted by atomic mass is 10.1. The molecule has 1 amide bonds. The van der Waals surface area contributed by atoms with Gasteiger partial charge in [-0.3, -0.25) is 4.79 Å². The van der Waals surface area contributed by atoms with Crippen LogP contribution in [-0.2, 0) is 4.79 Å². The number of rotatable bonds is 8. The highest BCUT2D eigenvalue weighted by atomic mass is 32.2. The molecule has 0 aromatic heterocycles. The minimum atomic E-state index is -0.244. The lowest BCUT2D eigenvalue weighted by Crippen LogP contribution is -2.35. The average molecular weight is 346 g/mol. The van der Waals surface area contributed by atoms with E-state index in [2.05, 4.69) is 10.2 Å². The molecule has 0 aliphatic carbocycles. The van der Waals surface area contributed by atoms with E-state index in [1.54, 1.807) is 23.9 Å². The Balaban J connectivity index is 1.85. The smallest absolute Gasteiger partial charge is 0.221 e. The van der Waals surface area contributed by atoms with Crippen LogP contribution in [-0.4, -0.2) is 37.2 Å². The first kappa shape index (κ1) is 18.5. The first-order valence-electron chi connectivity index (χ1n) is 7.92. The number of halogens is 1. The van der Waals surface area contributed by atoms with Gasteiger partial charge in [0.1, 0.15) is 5.82 Å². The van der Waals surface area contributed by atoms with Crippen LogP contribution >= 0.6 is 11.8 Å². The minimum Gasteiger partial charge on any atom is -0.348 e. The van der Waals surface area contributed by atoms with E-state index in [1.165, 1.54) is 12.1 Å². The number of carbonyl (C=O) groups excluding carboxylic acids is 1. The first-order chi connectivity index (χ1) is 11.5. The van der Waals surface area contributed by atoms with E-state index in [0.29, 0.717) is 12.2 Å². The van der Waals surface area contributed by atoms with E-state index in [9.17, 15) is 9.18 Å². The van der Waals surface area contributed by atoms with Gasteiger partial charge in [-0.05, 0) is 43.9 Å². The van der Waals surface area contributed by atoms with Crippen molar-refractivity contribution in [1.82, 2.24) is 10.2 Å². The Kier molecular flexibility index (Phi) is 7.28. The molecule has 0 fully saturated rings. The topological polar surface area (TPSA) is 32.3 Å². The van der Waals surface area contributed by atoms with Gasteiger partial charge in [0.25, 0.3) is 0 Å². The van der Waals surface area contributed by atoms with Crippen LogP contribution in [0, 0.1) is 5.82 Å². The third kappa shape index (κ3) is 6.34. The molecule has 1 atom stereocenters. The molecule has 0 saturated heterocycles. The van der Waals surface area contributed by atoms with Crippen LogP contribution in [0.4, 0.5) is 4.39 Å². The summed E-state index contributed by atoms with van der Waals surface area (Å²) in [4.78, 5) is 15.3. The SMILES string of the molecule is CN(C)C[C@H](NC(=O)CCSc1ccc(F)cc1)c1ccccc1. The number of nitrogens with one attached hydrogen (secondary N) is 1. The van der Waals surface area contributed by atoms with Crippen LogP contribution < -0.4 is 5.32 Å². The molecular weight excluding hydrogens is 323 g/mol. The largest absolute Gasteiger partial charge is 0.348 e. The fraction of sp³-hybridized carbons (Fsp3) is 0.316. The number of likely N-dealkylation sites (N-methyl/N-ethyl adjacent to an activating group) is 1. The summed E-state index contributed by atoms with van der Waals surface area (Å²) in [5.74, 6) is 0.452. The Bertz CT molecular complexity index is 632. The first-order valence-corrected chi connectivity index (χ1v) is 8.90. The maximum Gasteiger partial charge on any atom is 0.221 e. The van der Waals surface area contributed by atoms with E-state index in [-0.39, 0.29) is 17.8 Å². The predicted molar refractivity (Wildman–Crippen MR) is 97.6 cm³/mol. The molecule has 0 radical (unpaired) electrons. The van der Waals surface area contributed by atoms with Gasteiger partial charge in [-0.15, -0.1) is 11.8 Å². The molecule has 0 aliphatic rings. The second kappa shape index (κ2) is 9.45. The van der Waals surface area contributed by atoms with Crippen molar-refractivity contribution < 1.29 is 9.18 Å². The van der Waals surface area contributed by atoms with E-state index in [0.717, 1.165) is 17.0 Å². The Morgan fingerprint density at radius 2 is 1.79 bits per heavy atom. The summed E-state index contributed by atoms with van der Waals surface area (Å²) in [5.41, 5.74) is 1.10. The monoisotopic (exact) mass is 346 g/mol. The lowest BCUT2D eigenvalue weighted by molar-refractivity contribution is -0.121. The molecule has 24 heavy (non-hydrogen) atoms. The molecule has 5 heteroatoms. The standard InChI is InChI=1S/C19H23FN2OS/c1-22(2)14-18(15-6-4-3-5-7-15)21-19(23)12-13-24-17-10-8-16(20)9-11-17/h3-11,18H,12-14H2,1-2H3,(H,21,23)/t18-/m0/s1. The van der Waals surface area contributed by atoms with Gasteiger partial charge >= 0.3 is 0 Å². The molecule has 0 saturated carbocycles. The van der Waals surface area contributed by atoms with Crippen LogP contribution in [0.1, 0.15) is 18.0 Å². The number of amides is 1. The van der Waals surface area contributed by atoms with Crippen molar-refractivity contribution in [3.05, 3.63) is 66.0 Å². The van der Waals surface area contributed by atoms with E-state index in [1.807, 2.05) is 44.4 Å². The normalized spacial score (nSPS) is 12.2. The van der Waals surface area contributed by atoms with Crippen LogP contribution in [0.2, 0.25) is 0 Å². The van der Waals surface area contributed by atoms with E-state index >= 15 is 0 Å². The number of nitrogens with zero attached hydrogens (tertiary/aromatic N) is 1. The highest BCUT2D eigenvalue weighted by Gasteiger charge is 2.15. The summed E-state index contributed by atoms with van der Waals surface area (Å²) in [5, 5.41) is 3.11. The molecule has 1 N–H and O–H groups in total. The van der Waals surface area contributed by atoms with Gasteiger partial charge in [-0.1, -0.05) is 30.3 Å². The maximum atomic E-state index is 12.9. The number of hydrogen-bond acceptors (Lipinski definition) is 3. The van der Waals surface area contributed by atoms with Gasteiger partial charge in [0, 0.05) is 23.6 Å². The number of benzene rings is 2. The van der Waals surface area contributed by atoms with Gasteiger partial charge in [0.15, 0.2) is 0 Å². The van der Waals surface area contributed by atoms with Crippen molar-refractivity contribution in [2.24, 2.45) is 0 Å². The van der Waals surface area contributed by atoms with Crippen LogP contribution in [0.5, 0.6) is 0 Å². The highest BCUT2D eigenvalue weighted by molar-refractivity contribution is 7.99. The Morgan fingerprint density at radius 1 is 1.12 bits per heavy atom. The molecule has 0 unspecified atom stereocenters. The van der Waals surface area contributed by atoms with Crippen molar-refractivity contribution in [1.29, 1.82) is 0 Å². The van der Waals surface area contributed by atoms with Crippen LogP contribution in [0.15, 0.2) is 59.5 Å². The summed E-state index contributed by atoms with van der Waals surface area (Å²) in [6.45, 7) is 0.751. The van der Waals surface area contributed by atoms with Gasteiger partial charge in [0.2, 0.25) is 5.91 Å². The summed E-state index contributed by atoms with van der Waals surface area (Å²) in [7, 11) is 3.99. The highest BCUT2D eigenvalue weighted by Crippen LogP contribution is 2.19. The zero-order chi connectivity index (χ0) is 17.4. The third-order valence-electron chi connectivity index (χ3n) is 3.50. The maximum absolute atomic E-state index is 12.9. The number of hydrogen-bond donors (Lipinski definition) is 1. The molecule has 2 aromatic carbocycles. The van der Waals surface area contributed by atoms with E-state index < -0.39 is 0 Å². The zero-order valence-electron chi connectivity index (χ0n) is 14.0. The molecule has 128 valence electrons. The average Bonchev–Trinajstić information content (AvgIpc) is 2.56. The lowest BCUT2D eigenvalue weighted by Gasteiger charge is -2.23. The van der Waals surface area contributed by atoms with Crippen molar-refractivity contribution >= 4 is 17.7 Å². The number of thioether (sulfide) groups is 1. The van der Waals surface area contributed by atoms with E-state index in [4.69, 9.17) is 0 Å². The fourth-order valence-electron chi connectivity index (χ4n) is 2.34. The zero-order valence-corrected chi connectivity index (χ0v) is 14.9. The summed E-state index contributed by atoms with van der Waals surface area (Å²) >= 11 is 1.56. The Morgan fingerprint density at radius 3 is 2.42 bits per heavy atom. The molecule has 2 rings (SSSR count). The minimum absolute atomic E-state index is 0.0236. The van der Waals surface area contributed by atoms with Crippen LogP contribution in [0.25, 0.3) is 0 Å². The van der Waals surface area contributed by atoms with Gasteiger partial charge in [0.05, 0.1) is 6.04 Å². The third-order valence-corrected chi connectivity index (χ3v) is 4.51. The second-order valence-electron chi connectivity index (χ2n) is 5.85. The molecule has 0 bridgehead atoms. The van der Waals surface area contributed by atoms with Gasteiger partial charge in [-0.2, -0.15) is 0 Å². The Hall–Kier alpha value is -1.85. The van der Waals surface area contributed by atoms with Gasteiger partial charge in [-0.25, -0.2) is 4.39 Å². The second-order valence-corrected chi connectivity index (χ2v) is 7.01. The Labute approximate surface area is 147 Å². The van der Waals surface area contributed by atoms with Crippen molar-refractivity contribution in [3.8, 4) is 0 Å². The quantitative estimate of drug-likeness (QED) is 0.739. The summed E-state index contributed by atoms with van der Waals surface area (Å²) < 4.78 is 12.9. The molecule has 0 heterocycles. The number of carbonyl (C=O) groups is 1. The summed E-state index contributed by atoms with van der Waals surface area (Å²) in [6.07, 6.45) is 0.429. The van der Waals surface area contributed by atoms with Crippen LogP contribution in [0.3, 0.4) is 0 Å². The molecule has 0 aliphatic heterocycles.